The number of fused-ring (bicyclic) bond motifs is 1. The summed E-state index contributed by atoms with van der Waals surface area (Å²) in [4.78, 5) is 11.2. The molecule has 1 aromatic carbocycles. The van der Waals surface area contributed by atoms with Crippen LogP contribution in [0.4, 0.5) is 0 Å². The average molecular weight is 238 g/mol. The van der Waals surface area contributed by atoms with Crippen molar-refractivity contribution in [3.05, 3.63) is 29.3 Å². The molecule has 0 fully saturated rings. The SMILES string of the molecule is CC(=O)CS(=O)(=O)c1ccc2c(c1)CCC2. The predicted molar refractivity (Wildman–Crippen MR) is 61.2 cm³/mol. The molecule has 0 saturated heterocycles. The number of benzene rings is 1. The molecule has 1 aromatic rings. The van der Waals surface area contributed by atoms with Gasteiger partial charge >= 0.3 is 0 Å². The molecule has 2 rings (SSSR count). The molecule has 86 valence electrons. The van der Waals surface area contributed by atoms with Crippen LogP contribution < -0.4 is 0 Å². The van der Waals surface area contributed by atoms with Crippen LogP contribution >= 0.6 is 0 Å². The van der Waals surface area contributed by atoms with Crippen molar-refractivity contribution >= 4 is 15.6 Å². The van der Waals surface area contributed by atoms with E-state index < -0.39 is 15.6 Å². The van der Waals surface area contributed by atoms with E-state index in [1.54, 1.807) is 12.1 Å². The van der Waals surface area contributed by atoms with Crippen molar-refractivity contribution < 1.29 is 13.2 Å². The summed E-state index contributed by atoms with van der Waals surface area (Å²) >= 11 is 0. The van der Waals surface area contributed by atoms with E-state index in [-0.39, 0.29) is 10.7 Å². The van der Waals surface area contributed by atoms with Crippen LogP contribution in [0.3, 0.4) is 0 Å². The molecule has 1 aliphatic carbocycles. The Kier molecular flexibility index (Phi) is 2.84. The van der Waals surface area contributed by atoms with Crippen LogP contribution in [0, 0.1) is 0 Å². The molecule has 1 aliphatic rings. The highest BCUT2D eigenvalue weighted by Crippen LogP contribution is 2.25. The second kappa shape index (κ2) is 4.01. The number of carbonyl (C=O) groups is 1. The van der Waals surface area contributed by atoms with Crippen LogP contribution in [-0.4, -0.2) is 20.0 Å². The van der Waals surface area contributed by atoms with Gasteiger partial charge in [-0.2, -0.15) is 0 Å². The largest absolute Gasteiger partial charge is 0.299 e. The summed E-state index contributed by atoms with van der Waals surface area (Å²) in [5, 5.41) is 0. The van der Waals surface area contributed by atoms with Gasteiger partial charge in [0.2, 0.25) is 0 Å². The summed E-state index contributed by atoms with van der Waals surface area (Å²) in [7, 11) is -3.43. The number of carbonyl (C=O) groups excluding carboxylic acids is 1. The highest BCUT2D eigenvalue weighted by molar-refractivity contribution is 7.92. The van der Waals surface area contributed by atoms with E-state index in [0.29, 0.717) is 0 Å². The first kappa shape index (κ1) is 11.3. The van der Waals surface area contributed by atoms with Gasteiger partial charge in [-0.3, -0.25) is 4.79 Å². The fraction of sp³-hybridized carbons (Fsp3) is 0.417. The number of hydrogen-bond acceptors (Lipinski definition) is 3. The summed E-state index contributed by atoms with van der Waals surface area (Å²) in [5.41, 5.74) is 2.35. The number of sulfone groups is 1. The number of rotatable bonds is 3. The Morgan fingerprint density at radius 3 is 2.62 bits per heavy atom. The Bertz CT molecular complexity index is 529. The average Bonchev–Trinajstić information content (AvgIpc) is 2.61. The van der Waals surface area contributed by atoms with Crippen molar-refractivity contribution in [2.24, 2.45) is 0 Å². The molecule has 0 aliphatic heterocycles. The number of hydrogen-bond donors (Lipinski definition) is 0. The molecular formula is C12H14O3S. The fourth-order valence-electron chi connectivity index (χ4n) is 2.09. The number of Topliss-reactive ketones (excluding diaryl/α,β-unsaturated/α-hetero) is 1. The van der Waals surface area contributed by atoms with E-state index >= 15 is 0 Å². The molecule has 0 bridgehead atoms. The van der Waals surface area contributed by atoms with Crippen molar-refractivity contribution in [1.82, 2.24) is 0 Å². The van der Waals surface area contributed by atoms with Gasteiger partial charge in [-0.1, -0.05) is 6.07 Å². The van der Waals surface area contributed by atoms with E-state index in [9.17, 15) is 13.2 Å². The van der Waals surface area contributed by atoms with Crippen molar-refractivity contribution in [3.63, 3.8) is 0 Å². The lowest BCUT2D eigenvalue weighted by Crippen LogP contribution is -2.13. The van der Waals surface area contributed by atoms with Crippen LogP contribution in [-0.2, 0) is 27.5 Å². The van der Waals surface area contributed by atoms with Crippen LogP contribution in [0.25, 0.3) is 0 Å². The Morgan fingerprint density at radius 1 is 1.25 bits per heavy atom. The Labute approximate surface area is 95.4 Å². The highest BCUT2D eigenvalue weighted by atomic mass is 32.2. The zero-order chi connectivity index (χ0) is 11.8. The van der Waals surface area contributed by atoms with Crippen molar-refractivity contribution in [2.75, 3.05) is 5.75 Å². The third-order valence-electron chi connectivity index (χ3n) is 2.82. The Morgan fingerprint density at radius 2 is 1.94 bits per heavy atom. The topological polar surface area (TPSA) is 51.2 Å². The van der Waals surface area contributed by atoms with E-state index in [4.69, 9.17) is 0 Å². The third-order valence-corrected chi connectivity index (χ3v) is 4.58. The maximum atomic E-state index is 11.8. The van der Waals surface area contributed by atoms with Gasteiger partial charge in [0.15, 0.2) is 9.84 Å². The van der Waals surface area contributed by atoms with Crippen LogP contribution in [0.2, 0.25) is 0 Å². The minimum atomic E-state index is -3.43. The van der Waals surface area contributed by atoms with E-state index in [1.165, 1.54) is 12.5 Å². The first-order valence-electron chi connectivity index (χ1n) is 5.33. The van der Waals surface area contributed by atoms with Gasteiger partial charge in [0.05, 0.1) is 4.90 Å². The summed E-state index contributed by atoms with van der Waals surface area (Å²) in [6.45, 7) is 1.30. The standard InChI is InChI=1S/C12H14O3S/c1-9(13)8-16(14,15)12-6-5-10-3-2-4-11(10)7-12/h5-7H,2-4,8H2,1H3. The molecule has 4 heteroatoms. The minimum Gasteiger partial charge on any atom is -0.299 e. The molecule has 0 amide bonds. The first-order valence-corrected chi connectivity index (χ1v) is 6.98. The molecule has 0 N–H and O–H groups in total. The van der Waals surface area contributed by atoms with E-state index in [1.807, 2.05) is 6.07 Å². The maximum Gasteiger partial charge on any atom is 0.185 e. The molecule has 0 heterocycles. The molecule has 0 unspecified atom stereocenters. The second-order valence-corrected chi connectivity index (χ2v) is 6.23. The molecule has 0 atom stereocenters. The molecule has 3 nitrogen and oxygen atoms in total. The molecule has 0 saturated carbocycles. The molecule has 16 heavy (non-hydrogen) atoms. The first-order chi connectivity index (χ1) is 7.49. The summed E-state index contributed by atoms with van der Waals surface area (Å²) < 4.78 is 23.6. The summed E-state index contributed by atoms with van der Waals surface area (Å²) in [6.07, 6.45) is 3.06. The second-order valence-electron chi connectivity index (χ2n) is 4.25. The zero-order valence-electron chi connectivity index (χ0n) is 9.19. The highest BCUT2D eigenvalue weighted by Gasteiger charge is 2.19. The summed E-state index contributed by atoms with van der Waals surface area (Å²) in [5.74, 6) is -0.716. The van der Waals surface area contributed by atoms with Gasteiger partial charge in [0.1, 0.15) is 11.5 Å². The van der Waals surface area contributed by atoms with Gasteiger partial charge in [-0.15, -0.1) is 0 Å². The lowest BCUT2D eigenvalue weighted by Gasteiger charge is -2.05. The van der Waals surface area contributed by atoms with Gasteiger partial charge in [0.25, 0.3) is 0 Å². The van der Waals surface area contributed by atoms with Crippen LogP contribution in [0.1, 0.15) is 24.5 Å². The molecule has 0 spiro atoms. The predicted octanol–water partition coefficient (Wildman–Crippen LogP) is 1.54. The maximum absolute atomic E-state index is 11.8. The normalized spacial score (nSPS) is 14.8. The van der Waals surface area contributed by atoms with Crippen molar-refractivity contribution in [1.29, 1.82) is 0 Å². The Hall–Kier alpha value is -1.16. The lowest BCUT2D eigenvalue weighted by atomic mass is 10.1. The zero-order valence-corrected chi connectivity index (χ0v) is 10.0. The van der Waals surface area contributed by atoms with Crippen molar-refractivity contribution in [2.45, 2.75) is 31.1 Å². The monoisotopic (exact) mass is 238 g/mol. The smallest absolute Gasteiger partial charge is 0.185 e. The van der Waals surface area contributed by atoms with Crippen LogP contribution in [0.15, 0.2) is 23.1 Å². The third kappa shape index (κ3) is 2.16. The number of ketones is 1. The molecule has 0 radical (unpaired) electrons. The Balaban J connectivity index is 2.38. The van der Waals surface area contributed by atoms with Gasteiger partial charge in [-0.05, 0) is 49.4 Å². The van der Waals surface area contributed by atoms with E-state index in [2.05, 4.69) is 0 Å². The lowest BCUT2D eigenvalue weighted by molar-refractivity contribution is -0.114. The number of aryl methyl sites for hydroxylation is 2. The van der Waals surface area contributed by atoms with Crippen molar-refractivity contribution in [3.8, 4) is 0 Å². The summed E-state index contributed by atoms with van der Waals surface area (Å²) in [6, 6.07) is 5.21. The fourth-order valence-corrected chi connectivity index (χ4v) is 3.39. The van der Waals surface area contributed by atoms with Gasteiger partial charge < -0.3 is 0 Å². The van der Waals surface area contributed by atoms with E-state index in [0.717, 1.165) is 24.8 Å². The molecular weight excluding hydrogens is 224 g/mol. The minimum absolute atomic E-state index is 0.281. The van der Waals surface area contributed by atoms with Gasteiger partial charge in [-0.25, -0.2) is 8.42 Å². The quantitative estimate of drug-likeness (QED) is 0.802. The molecule has 0 aromatic heterocycles. The van der Waals surface area contributed by atoms with Gasteiger partial charge in [0, 0.05) is 0 Å². The van der Waals surface area contributed by atoms with Crippen LogP contribution in [0.5, 0.6) is 0 Å².